The van der Waals surface area contributed by atoms with Gasteiger partial charge in [0, 0.05) is 23.6 Å². The molecule has 0 fully saturated rings. The number of nitrogens with two attached hydrogens (primary N) is 1. The Kier molecular flexibility index (Phi) is 4.64. The monoisotopic (exact) mass is 271 g/mol. The molecule has 0 heterocycles. The van der Waals surface area contributed by atoms with Gasteiger partial charge in [-0.15, -0.1) is 0 Å². The standard InChI is InChI=1S/C17H21NO2/c1-12-16(19-2)10-9-14(17(12)20-3)15(11-18)13-7-5-4-6-8-13/h4-10,15H,11,18H2,1-3H3. The molecule has 2 aromatic carbocycles. The van der Waals surface area contributed by atoms with Crippen molar-refractivity contribution >= 4 is 0 Å². The van der Waals surface area contributed by atoms with Crippen LogP contribution in [-0.4, -0.2) is 20.8 Å². The van der Waals surface area contributed by atoms with Gasteiger partial charge in [0.1, 0.15) is 11.5 Å². The van der Waals surface area contributed by atoms with E-state index in [4.69, 9.17) is 15.2 Å². The molecule has 0 amide bonds. The summed E-state index contributed by atoms with van der Waals surface area (Å²) in [6, 6.07) is 14.3. The second-order valence-corrected chi connectivity index (χ2v) is 4.71. The Bertz CT molecular complexity index is 567. The topological polar surface area (TPSA) is 44.5 Å². The van der Waals surface area contributed by atoms with Crippen molar-refractivity contribution in [1.82, 2.24) is 0 Å². The van der Waals surface area contributed by atoms with Crippen LogP contribution in [0, 0.1) is 6.92 Å². The van der Waals surface area contributed by atoms with Crippen LogP contribution in [-0.2, 0) is 0 Å². The van der Waals surface area contributed by atoms with Gasteiger partial charge in [-0.05, 0) is 18.6 Å². The molecule has 106 valence electrons. The maximum absolute atomic E-state index is 5.99. The summed E-state index contributed by atoms with van der Waals surface area (Å²) in [5, 5.41) is 0. The molecule has 0 saturated heterocycles. The number of benzene rings is 2. The highest BCUT2D eigenvalue weighted by molar-refractivity contribution is 5.53. The predicted molar refractivity (Wildman–Crippen MR) is 81.6 cm³/mol. The first-order valence-corrected chi connectivity index (χ1v) is 6.69. The third-order valence-electron chi connectivity index (χ3n) is 3.62. The molecule has 0 spiro atoms. The first kappa shape index (κ1) is 14.4. The van der Waals surface area contributed by atoms with Crippen molar-refractivity contribution in [2.24, 2.45) is 5.73 Å². The minimum absolute atomic E-state index is 0.121. The molecule has 3 heteroatoms. The van der Waals surface area contributed by atoms with E-state index in [0.29, 0.717) is 6.54 Å². The first-order chi connectivity index (χ1) is 9.72. The van der Waals surface area contributed by atoms with Gasteiger partial charge in [-0.25, -0.2) is 0 Å². The van der Waals surface area contributed by atoms with E-state index in [9.17, 15) is 0 Å². The summed E-state index contributed by atoms with van der Waals surface area (Å²) in [5.41, 5.74) is 9.29. The number of hydrogen-bond acceptors (Lipinski definition) is 3. The minimum atomic E-state index is 0.121. The van der Waals surface area contributed by atoms with Gasteiger partial charge in [-0.1, -0.05) is 36.4 Å². The second kappa shape index (κ2) is 6.44. The number of methoxy groups -OCH3 is 2. The van der Waals surface area contributed by atoms with Crippen LogP contribution < -0.4 is 15.2 Å². The van der Waals surface area contributed by atoms with Crippen LogP contribution in [0.4, 0.5) is 0 Å². The molecule has 0 radical (unpaired) electrons. The van der Waals surface area contributed by atoms with Gasteiger partial charge in [0.05, 0.1) is 14.2 Å². The van der Waals surface area contributed by atoms with Gasteiger partial charge in [-0.2, -0.15) is 0 Å². The van der Waals surface area contributed by atoms with Crippen molar-refractivity contribution in [2.45, 2.75) is 12.8 Å². The molecular formula is C17H21NO2. The van der Waals surface area contributed by atoms with Gasteiger partial charge in [-0.3, -0.25) is 0 Å². The number of hydrogen-bond donors (Lipinski definition) is 1. The maximum Gasteiger partial charge on any atom is 0.129 e. The van der Waals surface area contributed by atoms with Crippen molar-refractivity contribution in [1.29, 1.82) is 0 Å². The Balaban J connectivity index is 2.53. The molecule has 0 saturated carbocycles. The van der Waals surface area contributed by atoms with Crippen molar-refractivity contribution in [2.75, 3.05) is 20.8 Å². The van der Waals surface area contributed by atoms with Crippen molar-refractivity contribution < 1.29 is 9.47 Å². The molecular weight excluding hydrogens is 250 g/mol. The van der Waals surface area contributed by atoms with Crippen molar-refractivity contribution in [3.8, 4) is 11.5 Å². The molecule has 2 rings (SSSR count). The highest BCUT2D eigenvalue weighted by Crippen LogP contribution is 2.37. The zero-order valence-corrected chi connectivity index (χ0v) is 12.2. The summed E-state index contributed by atoms with van der Waals surface area (Å²) in [6.07, 6.45) is 0. The predicted octanol–water partition coefficient (Wildman–Crippen LogP) is 3.10. The third-order valence-corrected chi connectivity index (χ3v) is 3.62. The van der Waals surface area contributed by atoms with Gasteiger partial charge in [0.2, 0.25) is 0 Å². The van der Waals surface area contributed by atoms with Crippen LogP contribution >= 0.6 is 0 Å². The Hall–Kier alpha value is -2.00. The molecule has 0 aliphatic rings. The quantitative estimate of drug-likeness (QED) is 0.908. The molecule has 0 aromatic heterocycles. The summed E-state index contributed by atoms with van der Waals surface area (Å²) in [6.45, 7) is 2.53. The summed E-state index contributed by atoms with van der Waals surface area (Å²) < 4.78 is 10.9. The zero-order chi connectivity index (χ0) is 14.5. The third kappa shape index (κ3) is 2.63. The van der Waals surface area contributed by atoms with E-state index < -0.39 is 0 Å². The van der Waals surface area contributed by atoms with E-state index in [2.05, 4.69) is 12.1 Å². The molecule has 20 heavy (non-hydrogen) atoms. The van der Waals surface area contributed by atoms with E-state index in [1.54, 1.807) is 14.2 Å². The lowest BCUT2D eigenvalue weighted by Crippen LogP contribution is -2.15. The van der Waals surface area contributed by atoms with Crippen molar-refractivity contribution in [3.05, 3.63) is 59.2 Å². The fraction of sp³-hybridized carbons (Fsp3) is 0.294. The van der Waals surface area contributed by atoms with Gasteiger partial charge < -0.3 is 15.2 Å². The lowest BCUT2D eigenvalue weighted by atomic mass is 9.89. The molecule has 1 unspecified atom stereocenters. The van der Waals surface area contributed by atoms with Crippen LogP contribution in [0.3, 0.4) is 0 Å². The van der Waals surface area contributed by atoms with Crippen LogP contribution in [0.1, 0.15) is 22.6 Å². The van der Waals surface area contributed by atoms with Gasteiger partial charge >= 0.3 is 0 Å². The average Bonchev–Trinajstić information content (AvgIpc) is 2.49. The lowest BCUT2D eigenvalue weighted by Gasteiger charge is -2.21. The van der Waals surface area contributed by atoms with Crippen LogP contribution in [0.15, 0.2) is 42.5 Å². The van der Waals surface area contributed by atoms with E-state index in [1.807, 2.05) is 37.3 Å². The lowest BCUT2D eigenvalue weighted by molar-refractivity contribution is 0.384. The fourth-order valence-electron chi connectivity index (χ4n) is 2.59. The number of ether oxygens (including phenoxy) is 2. The van der Waals surface area contributed by atoms with E-state index in [-0.39, 0.29) is 5.92 Å². The van der Waals surface area contributed by atoms with Crippen molar-refractivity contribution in [3.63, 3.8) is 0 Å². The number of rotatable bonds is 5. The van der Waals surface area contributed by atoms with Crippen LogP contribution in [0.2, 0.25) is 0 Å². The molecule has 0 bridgehead atoms. The minimum Gasteiger partial charge on any atom is -0.496 e. The SMILES string of the molecule is COc1ccc(C(CN)c2ccccc2)c(OC)c1C. The molecule has 0 aliphatic carbocycles. The zero-order valence-electron chi connectivity index (χ0n) is 12.2. The summed E-state index contributed by atoms with van der Waals surface area (Å²) in [7, 11) is 3.35. The van der Waals surface area contributed by atoms with E-state index in [1.165, 1.54) is 5.56 Å². The largest absolute Gasteiger partial charge is 0.496 e. The maximum atomic E-state index is 5.99. The van der Waals surface area contributed by atoms with Gasteiger partial charge in [0.25, 0.3) is 0 Å². The highest BCUT2D eigenvalue weighted by Gasteiger charge is 2.19. The van der Waals surface area contributed by atoms with E-state index in [0.717, 1.165) is 22.6 Å². The normalized spacial score (nSPS) is 12.0. The molecule has 2 aromatic rings. The Morgan fingerprint density at radius 3 is 2.25 bits per heavy atom. The molecule has 0 aliphatic heterocycles. The second-order valence-electron chi connectivity index (χ2n) is 4.71. The summed E-state index contributed by atoms with van der Waals surface area (Å²) in [5.74, 6) is 1.80. The molecule has 2 N–H and O–H groups in total. The smallest absolute Gasteiger partial charge is 0.129 e. The van der Waals surface area contributed by atoms with Crippen LogP contribution in [0.25, 0.3) is 0 Å². The summed E-state index contributed by atoms with van der Waals surface area (Å²) in [4.78, 5) is 0. The van der Waals surface area contributed by atoms with Gasteiger partial charge in [0.15, 0.2) is 0 Å². The average molecular weight is 271 g/mol. The van der Waals surface area contributed by atoms with E-state index >= 15 is 0 Å². The van der Waals surface area contributed by atoms with Crippen LogP contribution in [0.5, 0.6) is 11.5 Å². The molecule has 1 atom stereocenters. The summed E-state index contributed by atoms with van der Waals surface area (Å²) >= 11 is 0. The fourth-order valence-corrected chi connectivity index (χ4v) is 2.59. The Labute approximate surface area is 120 Å². The first-order valence-electron chi connectivity index (χ1n) is 6.69. The molecule has 3 nitrogen and oxygen atoms in total. The highest BCUT2D eigenvalue weighted by atomic mass is 16.5. The Morgan fingerprint density at radius 2 is 1.70 bits per heavy atom. The Morgan fingerprint density at radius 1 is 1.00 bits per heavy atom.